The Hall–Kier alpha value is -2.31. The summed E-state index contributed by atoms with van der Waals surface area (Å²) in [4.78, 5) is 12.9. The Labute approximate surface area is 403 Å². The van der Waals surface area contributed by atoms with E-state index in [-0.39, 0.29) is 19.6 Å². The number of allylic oxidation sites excluding steroid dienone is 10. The van der Waals surface area contributed by atoms with Crippen molar-refractivity contribution in [2.24, 2.45) is 0 Å². The van der Waals surface area contributed by atoms with E-state index in [1.807, 2.05) is 12.2 Å². The van der Waals surface area contributed by atoms with Crippen molar-refractivity contribution >= 4 is 5.97 Å². The molecule has 0 radical (unpaired) electrons. The van der Waals surface area contributed by atoms with Gasteiger partial charge < -0.3 is 64.2 Å². The van der Waals surface area contributed by atoms with E-state index in [0.717, 1.165) is 44.9 Å². The molecule has 2 heterocycles. The lowest BCUT2D eigenvalue weighted by Gasteiger charge is -2.42. The highest BCUT2D eigenvalue weighted by atomic mass is 16.7. The first kappa shape index (κ1) is 60.8. The molecule has 0 aliphatic carbocycles. The highest BCUT2D eigenvalue weighted by Crippen LogP contribution is 2.26. The van der Waals surface area contributed by atoms with Gasteiger partial charge in [0.2, 0.25) is 0 Å². The van der Waals surface area contributed by atoms with Crippen molar-refractivity contribution in [2.45, 2.75) is 235 Å². The summed E-state index contributed by atoms with van der Waals surface area (Å²) in [7, 11) is 0. The van der Waals surface area contributed by atoms with Crippen LogP contribution < -0.4 is 0 Å². The van der Waals surface area contributed by atoms with E-state index in [4.69, 9.17) is 28.4 Å². The third-order valence-corrected chi connectivity index (χ3v) is 12.0. The van der Waals surface area contributed by atoms with Gasteiger partial charge in [0, 0.05) is 13.0 Å². The number of rotatable bonds is 40. The maximum Gasteiger partial charge on any atom is 0.306 e. The molecule has 14 heteroatoms. The fraction of sp³-hybridized carbons (Fsp3) is 0.792. The molecule has 388 valence electrons. The smallest absolute Gasteiger partial charge is 0.306 e. The van der Waals surface area contributed by atoms with Gasteiger partial charge in [-0.2, -0.15) is 0 Å². The lowest BCUT2D eigenvalue weighted by Crippen LogP contribution is -2.61. The number of aliphatic hydroxyl groups is 7. The molecule has 2 aliphatic heterocycles. The molecule has 0 aromatic heterocycles. The quantitative estimate of drug-likeness (QED) is 0.0178. The number of carbonyl (C=O) groups is 1. The monoisotopic (exact) mass is 953 g/mol. The molecule has 0 bridgehead atoms. The van der Waals surface area contributed by atoms with E-state index in [0.29, 0.717) is 13.0 Å². The van der Waals surface area contributed by atoms with Crippen LogP contribution in [0.4, 0.5) is 0 Å². The van der Waals surface area contributed by atoms with Crippen LogP contribution in [0, 0.1) is 0 Å². The van der Waals surface area contributed by atoms with Crippen LogP contribution in [-0.2, 0) is 33.2 Å². The van der Waals surface area contributed by atoms with Gasteiger partial charge in [-0.3, -0.25) is 4.79 Å². The molecule has 11 unspecified atom stereocenters. The SMILES string of the molecule is CC/C=C\C/C=C\C/C=C\C/C=C\CCC(=O)OC(COCCCCCCCCCCCC/C=C\CCCCCCCC)COC1OC(COC2OC(CO)C(O)C(O)C2O)C(O)C(O)C1O. The first-order chi connectivity index (χ1) is 32.6. The maximum absolute atomic E-state index is 12.9. The lowest BCUT2D eigenvalue weighted by atomic mass is 9.98. The zero-order chi connectivity index (χ0) is 48.7. The summed E-state index contributed by atoms with van der Waals surface area (Å²) in [6, 6.07) is 0. The third-order valence-electron chi connectivity index (χ3n) is 12.0. The van der Waals surface area contributed by atoms with Crippen LogP contribution in [0.15, 0.2) is 60.8 Å². The molecular weight excluding hydrogens is 861 g/mol. The second-order valence-electron chi connectivity index (χ2n) is 18.0. The van der Waals surface area contributed by atoms with Crippen LogP contribution in [0.25, 0.3) is 0 Å². The summed E-state index contributed by atoms with van der Waals surface area (Å²) in [6.07, 6.45) is 31.6. The van der Waals surface area contributed by atoms with E-state index in [1.165, 1.54) is 96.3 Å². The Morgan fingerprint density at radius 2 is 0.970 bits per heavy atom. The Morgan fingerprint density at radius 1 is 0.507 bits per heavy atom. The minimum Gasteiger partial charge on any atom is -0.457 e. The van der Waals surface area contributed by atoms with Crippen LogP contribution >= 0.6 is 0 Å². The zero-order valence-electron chi connectivity index (χ0n) is 41.1. The summed E-state index contributed by atoms with van der Waals surface area (Å²) in [5.41, 5.74) is 0. The van der Waals surface area contributed by atoms with Gasteiger partial charge in [0.1, 0.15) is 54.9 Å². The summed E-state index contributed by atoms with van der Waals surface area (Å²) < 4.78 is 34.2. The van der Waals surface area contributed by atoms with E-state index in [1.54, 1.807) is 0 Å². The summed E-state index contributed by atoms with van der Waals surface area (Å²) in [6.45, 7) is 3.46. The van der Waals surface area contributed by atoms with Crippen LogP contribution in [0.2, 0.25) is 0 Å². The molecule has 2 aliphatic rings. The van der Waals surface area contributed by atoms with E-state index >= 15 is 0 Å². The highest BCUT2D eigenvalue weighted by molar-refractivity contribution is 5.69. The van der Waals surface area contributed by atoms with Crippen molar-refractivity contribution in [1.29, 1.82) is 0 Å². The van der Waals surface area contributed by atoms with Crippen LogP contribution in [0.1, 0.15) is 168 Å². The minimum absolute atomic E-state index is 0.0300. The largest absolute Gasteiger partial charge is 0.457 e. The number of esters is 1. The van der Waals surface area contributed by atoms with Crippen molar-refractivity contribution < 1.29 is 69.0 Å². The molecule has 67 heavy (non-hydrogen) atoms. The zero-order valence-corrected chi connectivity index (χ0v) is 41.1. The van der Waals surface area contributed by atoms with E-state index in [9.17, 15) is 40.5 Å². The van der Waals surface area contributed by atoms with Crippen LogP contribution in [-0.4, -0.2) is 142 Å². The minimum atomic E-state index is -1.72. The van der Waals surface area contributed by atoms with Gasteiger partial charge in [-0.1, -0.05) is 158 Å². The van der Waals surface area contributed by atoms with Crippen LogP contribution in [0.5, 0.6) is 0 Å². The van der Waals surface area contributed by atoms with Gasteiger partial charge in [0.25, 0.3) is 0 Å². The van der Waals surface area contributed by atoms with Crippen molar-refractivity contribution in [3.8, 4) is 0 Å². The maximum atomic E-state index is 12.9. The number of ether oxygens (including phenoxy) is 6. The van der Waals surface area contributed by atoms with Crippen LogP contribution in [0.3, 0.4) is 0 Å². The lowest BCUT2D eigenvalue weighted by molar-refractivity contribution is -0.332. The number of hydrogen-bond acceptors (Lipinski definition) is 14. The fourth-order valence-corrected chi connectivity index (χ4v) is 7.82. The molecule has 7 N–H and O–H groups in total. The number of unbranched alkanes of at least 4 members (excludes halogenated alkanes) is 16. The molecule has 0 aromatic rings. The molecule has 0 aromatic carbocycles. The molecule has 0 amide bonds. The standard InChI is InChI=1S/C53H92O14/c1-3-5-7-9-11-13-15-17-18-19-20-21-22-23-25-27-29-31-33-35-37-62-39-42(65-45(55)36-34-32-30-28-26-24-16-14-12-10-8-6-4-2)40-63-52-51(61)49(59)47(57)44(67-52)41-64-53-50(60)48(58)46(56)43(38-54)66-53/h6,8,12,14,17-18,24,26,30,32,42-44,46-54,56-61H,3-5,7,9-11,13,15-16,19-23,25,27-29,31,33-41H2,1-2H3/b8-6-,14-12-,18-17-,26-24-,32-30-. The Kier molecular flexibility index (Phi) is 36.7. The van der Waals surface area contributed by atoms with Gasteiger partial charge in [-0.15, -0.1) is 0 Å². The van der Waals surface area contributed by atoms with Crippen molar-refractivity contribution in [2.75, 3.05) is 33.0 Å². The van der Waals surface area contributed by atoms with Gasteiger partial charge in [0.15, 0.2) is 12.6 Å². The van der Waals surface area contributed by atoms with Crippen molar-refractivity contribution in [3.63, 3.8) is 0 Å². The van der Waals surface area contributed by atoms with Crippen molar-refractivity contribution in [1.82, 2.24) is 0 Å². The first-order valence-electron chi connectivity index (χ1n) is 25.9. The normalized spacial score (nSPS) is 26.6. The molecule has 14 nitrogen and oxygen atoms in total. The van der Waals surface area contributed by atoms with Gasteiger partial charge in [-0.25, -0.2) is 0 Å². The fourth-order valence-electron chi connectivity index (χ4n) is 7.82. The van der Waals surface area contributed by atoms with E-state index < -0.39 is 86.7 Å². The predicted octanol–water partition coefficient (Wildman–Crippen LogP) is 7.74. The van der Waals surface area contributed by atoms with Gasteiger partial charge in [0.05, 0.1) is 26.4 Å². The number of hydrogen-bond donors (Lipinski definition) is 7. The molecule has 0 saturated carbocycles. The van der Waals surface area contributed by atoms with Gasteiger partial charge >= 0.3 is 5.97 Å². The Morgan fingerprint density at radius 3 is 1.52 bits per heavy atom. The summed E-state index contributed by atoms with van der Waals surface area (Å²) in [5, 5.41) is 72.1. The average Bonchev–Trinajstić information content (AvgIpc) is 3.32. The van der Waals surface area contributed by atoms with E-state index in [2.05, 4.69) is 62.5 Å². The molecule has 2 rings (SSSR count). The first-order valence-corrected chi connectivity index (χ1v) is 25.9. The Bertz CT molecular complexity index is 1340. The Balaban J connectivity index is 1.77. The second-order valence-corrected chi connectivity index (χ2v) is 18.0. The number of aliphatic hydroxyl groups excluding tert-OH is 7. The topological polar surface area (TPSA) is 214 Å². The highest BCUT2D eigenvalue weighted by Gasteiger charge is 2.47. The molecule has 2 saturated heterocycles. The molecule has 0 spiro atoms. The third kappa shape index (κ3) is 28.2. The molecule has 2 fully saturated rings. The average molecular weight is 953 g/mol. The molecular formula is C53H92O14. The summed E-state index contributed by atoms with van der Waals surface area (Å²) >= 11 is 0. The second kappa shape index (κ2) is 40.4. The summed E-state index contributed by atoms with van der Waals surface area (Å²) in [5.74, 6) is -0.457. The molecule has 11 atom stereocenters. The van der Waals surface area contributed by atoms with Gasteiger partial charge in [-0.05, 0) is 64.2 Å². The van der Waals surface area contributed by atoms with Crippen molar-refractivity contribution in [3.05, 3.63) is 60.8 Å². The predicted molar refractivity (Wildman–Crippen MR) is 261 cm³/mol. The number of carbonyl (C=O) groups excluding carboxylic acids is 1.